The van der Waals surface area contributed by atoms with Crippen molar-refractivity contribution in [2.24, 2.45) is 10.7 Å². The van der Waals surface area contributed by atoms with Crippen molar-refractivity contribution in [3.63, 3.8) is 0 Å². The molecule has 0 fully saturated rings. The van der Waals surface area contributed by atoms with E-state index in [9.17, 15) is 0 Å². The molecule has 0 aromatic heterocycles. The van der Waals surface area contributed by atoms with E-state index in [1.807, 2.05) is 0 Å². The van der Waals surface area contributed by atoms with Gasteiger partial charge in [-0.15, -0.1) is 0 Å². The average molecular weight is 145 g/mol. The fourth-order valence-corrected chi connectivity index (χ4v) is 0.139. The summed E-state index contributed by atoms with van der Waals surface area (Å²) in [6.07, 6.45) is 1.47. The Kier molecular flexibility index (Phi) is 8.68. The summed E-state index contributed by atoms with van der Waals surface area (Å²) >= 11 is 0. The largest absolute Gasteiger partial charge is 0.481 e. The van der Waals surface area contributed by atoms with Gasteiger partial charge in [0.25, 0.3) is 5.97 Å². The number of aliphatic imine (C=N–C) groups is 1. The SMILES string of the molecule is CC(=O)O.CC=NC(=N)N. The van der Waals surface area contributed by atoms with Crippen molar-refractivity contribution in [1.82, 2.24) is 0 Å². The highest BCUT2D eigenvalue weighted by Gasteiger charge is 1.67. The Bertz CT molecular complexity index is 138. The molecule has 0 spiro atoms. The number of carbonyl (C=O) groups is 1. The third-order valence-corrected chi connectivity index (χ3v) is 0.268. The highest BCUT2D eigenvalue weighted by molar-refractivity contribution is 5.82. The summed E-state index contributed by atoms with van der Waals surface area (Å²) in [5.41, 5.74) is 4.79. The predicted molar refractivity (Wildman–Crippen MR) is 39.4 cm³/mol. The lowest BCUT2D eigenvalue weighted by Gasteiger charge is -1.75. The van der Waals surface area contributed by atoms with Crippen LogP contribution in [-0.4, -0.2) is 23.2 Å². The van der Waals surface area contributed by atoms with Crippen molar-refractivity contribution in [3.8, 4) is 0 Å². The molecule has 5 nitrogen and oxygen atoms in total. The molecule has 4 N–H and O–H groups in total. The molecule has 0 aliphatic heterocycles. The van der Waals surface area contributed by atoms with Crippen LogP contribution in [0.15, 0.2) is 4.99 Å². The van der Waals surface area contributed by atoms with E-state index in [1.54, 1.807) is 6.92 Å². The second-order valence-electron chi connectivity index (χ2n) is 1.29. The van der Waals surface area contributed by atoms with E-state index in [0.717, 1.165) is 6.92 Å². The summed E-state index contributed by atoms with van der Waals surface area (Å²) in [6.45, 7) is 2.79. The molecular weight excluding hydrogens is 134 g/mol. The van der Waals surface area contributed by atoms with E-state index in [4.69, 9.17) is 21.0 Å². The van der Waals surface area contributed by atoms with Gasteiger partial charge in [-0.3, -0.25) is 10.2 Å². The van der Waals surface area contributed by atoms with E-state index in [-0.39, 0.29) is 5.96 Å². The van der Waals surface area contributed by atoms with Gasteiger partial charge in [0, 0.05) is 13.1 Å². The molecule has 0 aliphatic rings. The Balaban J connectivity index is 0. The minimum Gasteiger partial charge on any atom is -0.481 e. The first-order chi connectivity index (χ1) is 4.50. The van der Waals surface area contributed by atoms with E-state index in [2.05, 4.69) is 4.99 Å². The van der Waals surface area contributed by atoms with Crippen LogP contribution < -0.4 is 5.73 Å². The van der Waals surface area contributed by atoms with Gasteiger partial charge in [0.2, 0.25) is 5.96 Å². The zero-order valence-electron chi connectivity index (χ0n) is 5.96. The summed E-state index contributed by atoms with van der Waals surface area (Å²) in [7, 11) is 0. The summed E-state index contributed by atoms with van der Waals surface area (Å²) in [6, 6.07) is 0. The number of nitrogens with two attached hydrogens (primary N) is 1. The van der Waals surface area contributed by atoms with Crippen molar-refractivity contribution < 1.29 is 9.90 Å². The number of carboxylic acids is 1. The molecular formula is C5H11N3O2. The third kappa shape index (κ3) is 80.3. The smallest absolute Gasteiger partial charge is 0.300 e. The summed E-state index contributed by atoms with van der Waals surface area (Å²) in [5.74, 6) is -0.975. The van der Waals surface area contributed by atoms with Crippen molar-refractivity contribution in [3.05, 3.63) is 0 Å². The van der Waals surface area contributed by atoms with Crippen molar-refractivity contribution in [1.29, 1.82) is 5.41 Å². The summed E-state index contributed by atoms with van der Waals surface area (Å²) in [4.78, 5) is 12.4. The topological polar surface area (TPSA) is 99.5 Å². The first-order valence-electron chi connectivity index (χ1n) is 2.53. The van der Waals surface area contributed by atoms with Crippen molar-refractivity contribution in [2.75, 3.05) is 0 Å². The molecule has 58 valence electrons. The van der Waals surface area contributed by atoms with Gasteiger partial charge in [0.1, 0.15) is 0 Å². The normalized spacial score (nSPS) is 8.20. The molecule has 5 heteroatoms. The molecule has 0 unspecified atom stereocenters. The second-order valence-corrected chi connectivity index (χ2v) is 1.29. The standard InChI is InChI=1S/C3H7N3.C2H4O2/c1-2-6-3(4)5;1-2(3)4/h2H,1H3,(H3,4,5);1H3,(H,3,4). The van der Waals surface area contributed by atoms with E-state index >= 15 is 0 Å². The molecule has 0 aromatic rings. The highest BCUT2D eigenvalue weighted by Crippen LogP contribution is 1.55. The zero-order valence-corrected chi connectivity index (χ0v) is 5.96. The monoisotopic (exact) mass is 145 g/mol. The Morgan fingerprint density at radius 1 is 1.80 bits per heavy atom. The molecule has 0 saturated heterocycles. The minimum atomic E-state index is -0.833. The van der Waals surface area contributed by atoms with Crippen LogP contribution in [0, 0.1) is 5.41 Å². The lowest BCUT2D eigenvalue weighted by atomic mass is 10.9. The second kappa shape index (κ2) is 7.61. The van der Waals surface area contributed by atoms with Gasteiger partial charge in [-0.05, 0) is 6.92 Å². The van der Waals surface area contributed by atoms with Gasteiger partial charge < -0.3 is 10.8 Å². The fourth-order valence-electron chi connectivity index (χ4n) is 0.139. The third-order valence-electron chi connectivity index (χ3n) is 0.268. The van der Waals surface area contributed by atoms with Gasteiger partial charge in [-0.1, -0.05) is 0 Å². The Morgan fingerprint density at radius 2 is 2.10 bits per heavy atom. The van der Waals surface area contributed by atoms with Gasteiger partial charge in [-0.2, -0.15) is 0 Å². The number of aliphatic carboxylic acids is 1. The van der Waals surface area contributed by atoms with Crippen LogP contribution in [0.2, 0.25) is 0 Å². The van der Waals surface area contributed by atoms with Gasteiger partial charge in [0.05, 0.1) is 0 Å². The molecule has 0 aromatic carbocycles. The van der Waals surface area contributed by atoms with Crippen LogP contribution in [0.3, 0.4) is 0 Å². The van der Waals surface area contributed by atoms with E-state index in [1.165, 1.54) is 6.21 Å². The number of rotatable bonds is 0. The molecule has 0 bridgehead atoms. The number of hydrogen-bond donors (Lipinski definition) is 3. The number of nitrogens with one attached hydrogen (secondary N) is 1. The van der Waals surface area contributed by atoms with Gasteiger partial charge in [0.15, 0.2) is 0 Å². The molecule has 0 saturated carbocycles. The van der Waals surface area contributed by atoms with Crippen LogP contribution in [-0.2, 0) is 4.79 Å². The average Bonchev–Trinajstić information content (AvgIpc) is 1.62. The minimum absolute atomic E-state index is 0.141. The number of hydrogen-bond acceptors (Lipinski definition) is 2. The molecule has 0 atom stereocenters. The van der Waals surface area contributed by atoms with Crippen molar-refractivity contribution in [2.45, 2.75) is 13.8 Å². The van der Waals surface area contributed by atoms with Crippen LogP contribution in [0.25, 0.3) is 0 Å². The molecule has 0 aliphatic carbocycles. The maximum atomic E-state index is 9.00. The maximum Gasteiger partial charge on any atom is 0.300 e. The lowest BCUT2D eigenvalue weighted by Crippen LogP contribution is -2.04. The van der Waals surface area contributed by atoms with Crippen LogP contribution in [0.1, 0.15) is 13.8 Å². The Labute approximate surface area is 59.1 Å². The molecule has 10 heavy (non-hydrogen) atoms. The number of carboxylic acid groups (broad SMARTS) is 1. The van der Waals surface area contributed by atoms with Gasteiger partial charge >= 0.3 is 0 Å². The Hall–Kier alpha value is -1.39. The Morgan fingerprint density at radius 3 is 2.10 bits per heavy atom. The van der Waals surface area contributed by atoms with Gasteiger partial charge in [-0.25, -0.2) is 4.99 Å². The van der Waals surface area contributed by atoms with Crippen molar-refractivity contribution >= 4 is 18.1 Å². The predicted octanol–water partition coefficient (Wildman–Crippen LogP) is 0.0615. The summed E-state index contributed by atoms with van der Waals surface area (Å²) in [5, 5.41) is 13.9. The zero-order chi connectivity index (χ0) is 8.57. The molecule has 0 rings (SSSR count). The van der Waals surface area contributed by atoms with E-state index in [0.29, 0.717) is 0 Å². The lowest BCUT2D eigenvalue weighted by molar-refractivity contribution is -0.134. The maximum absolute atomic E-state index is 9.00. The van der Waals surface area contributed by atoms with Crippen LogP contribution in [0.5, 0.6) is 0 Å². The quantitative estimate of drug-likeness (QED) is 0.332. The first-order valence-corrected chi connectivity index (χ1v) is 2.53. The summed E-state index contributed by atoms with van der Waals surface area (Å²) < 4.78 is 0. The molecule has 0 radical (unpaired) electrons. The molecule has 0 heterocycles. The fraction of sp³-hybridized carbons (Fsp3) is 0.400. The van der Waals surface area contributed by atoms with Crippen LogP contribution in [0.4, 0.5) is 0 Å². The molecule has 0 amide bonds. The number of nitrogens with zero attached hydrogens (tertiary/aromatic N) is 1. The highest BCUT2D eigenvalue weighted by atomic mass is 16.4. The first kappa shape index (κ1) is 11.4. The van der Waals surface area contributed by atoms with Crippen LogP contribution >= 0.6 is 0 Å². The van der Waals surface area contributed by atoms with E-state index < -0.39 is 5.97 Å². The number of guanidine groups is 1.